The molecule has 0 radical (unpaired) electrons. The number of hydrogen-bond acceptors (Lipinski definition) is 5. The highest BCUT2D eigenvalue weighted by atomic mass is 17.1. The minimum absolute atomic E-state index is 0.376. The van der Waals surface area contributed by atoms with Crippen molar-refractivity contribution in [2.75, 3.05) is 13.1 Å². The summed E-state index contributed by atoms with van der Waals surface area (Å²) in [6.07, 6.45) is 1.52. The lowest BCUT2D eigenvalue weighted by molar-refractivity contribution is -0.509. The van der Waals surface area contributed by atoms with Crippen LogP contribution in [0.3, 0.4) is 0 Å². The second-order valence-corrected chi connectivity index (χ2v) is 2.23. The minimum atomic E-state index is 0.376. The van der Waals surface area contributed by atoms with E-state index in [9.17, 15) is 0 Å². The van der Waals surface area contributed by atoms with E-state index in [0.29, 0.717) is 23.5 Å². The van der Waals surface area contributed by atoms with Gasteiger partial charge in [-0.15, -0.1) is 0 Å². The molecule has 0 spiro atoms. The van der Waals surface area contributed by atoms with Gasteiger partial charge in [-0.25, -0.2) is 0 Å². The Morgan fingerprint density at radius 3 is 1.64 bits per heavy atom. The Balaban J connectivity index is 3.32. The monoisotopic (exact) mass is 164 g/mol. The van der Waals surface area contributed by atoms with Crippen LogP contribution in [-0.2, 0) is 4.94 Å². The van der Waals surface area contributed by atoms with Crippen molar-refractivity contribution in [2.45, 2.75) is 26.7 Å². The zero-order valence-electron chi connectivity index (χ0n) is 7.03. The van der Waals surface area contributed by atoms with E-state index < -0.39 is 0 Å². The average Bonchev–Trinajstić information content (AvgIpc) is 1.87. The molecule has 0 aromatic rings. The topological polar surface area (TPSA) is 56.2 Å². The molecular weight excluding hydrogens is 148 g/mol. The summed E-state index contributed by atoms with van der Waals surface area (Å²) in [6, 6.07) is 0. The summed E-state index contributed by atoms with van der Waals surface area (Å²) in [5.74, 6) is 0. The van der Waals surface area contributed by atoms with Crippen molar-refractivity contribution in [3.05, 3.63) is 0 Å². The normalized spacial score (nSPS) is 11.5. The molecule has 0 amide bonds. The Kier molecular flexibility index (Phi) is 6.39. The Morgan fingerprint density at radius 2 is 1.36 bits per heavy atom. The Morgan fingerprint density at radius 1 is 1.00 bits per heavy atom. The smallest absolute Gasteiger partial charge is 0.0532 e. The number of nitrogens with zero attached hydrogens (tertiary/aromatic N) is 2. The number of rotatable bonds is 6. The van der Waals surface area contributed by atoms with E-state index in [2.05, 4.69) is 4.94 Å². The fraction of sp³-hybridized carbons (Fsp3) is 1.00. The van der Waals surface area contributed by atoms with Crippen molar-refractivity contribution >= 4 is 0 Å². The van der Waals surface area contributed by atoms with Crippen LogP contribution in [-0.4, -0.2) is 34.0 Å². The van der Waals surface area contributed by atoms with E-state index >= 15 is 0 Å². The highest BCUT2D eigenvalue weighted by Crippen LogP contribution is 1.92. The molecule has 2 N–H and O–H groups in total. The second-order valence-electron chi connectivity index (χ2n) is 2.23. The molecule has 0 saturated heterocycles. The molecule has 0 aliphatic heterocycles. The zero-order valence-corrected chi connectivity index (χ0v) is 7.03. The first kappa shape index (κ1) is 10.8. The SMILES string of the molecule is CCCN(O)ON(O)CCC. The van der Waals surface area contributed by atoms with Crippen LogP contribution in [0.4, 0.5) is 0 Å². The van der Waals surface area contributed by atoms with Gasteiger partial charge in [-0.2, -0.15) is 4.94 Å². The maximum absolute atomic E-state index is 8.86. The van der Waals surface area contributed by atoms with Gasteiger partial charge in [-0.05, 0) is 23.3 Å². The van der Waals surface area contributed by atoms with Crippen LogP contribution in [0.15, 0.2) is 0 Å². The zero-order chi connectivity index (χ0) is 8.69. The van der Waals surface area contributed by atoms with Gasteiger partial charge >= 0.3 is 0 Å². The van der Waals surface area contributed by atoms with Gasteiger partial charge in [-0.1, -0.05) is 13.8 Å². The van der Waals surface area contributed by atoms with E-state index in [1.54, 1.807) is 0 Å². The standard InChI is InChI=1S/C6H16N2O3/c1-3-5-7(9)11-8(10)6-4-2/h9-10H,3-6H2,1-2H3. The van der Waals surface area contributed by atoms with Gasteiger partial charge < -0.3 is 0 Å². The Labute approximate surface area is 66.6 Å². The van der Waals surface area contributed by atoms with Crippen molar-refractivity contribution in [1.82, 2.24) is 10.5 Å². The molecule has 0 unspecified atom stereocenters. The van der Waals surface area contributed by atoms with E-state index in [1.165, 1.54) is 0 Å². The van der Waals surface area contributed by atoms with Gasteiger partial charge in [0, 0.05) is 0 Å². The maximum Gasteiger partial charge on any atom is 0.0532 e. The third kappa shape index (κ3) is 6.21. The molecule has 0 heterocycles. The van der Waals surface area contributed by atoms with Gasteiger partial charge in [0.15, 0.2) is 0 Å². The summed E-state index contributed by atoms with van der Waals surface area (Å²) in [6.45, 7) is 4.55. The molecule has 0 aliphatic rings. The third-order valence-electron chi connectivity index (χ3n) is 1.02. The average molecular weight is 164 g/mol. The molecule has 0 atom stereocenters. The van der Waals surface area contributed by atoms with Crippen molar-refractivity contribution in [3.8, 4) is 0 Å². The van der Waals surface area contributed by atoms with Gasteiger partial charge in [0.2, 0.25) is 0 Å². The van der Waals surface area contributed by atoms with E-state index in [4.69, 9.17) is 10.4 Å². The molecule has 0 aromatic carbocycles. The van der Waals surface area contributed by atoms with Crippen molar-refractivity contribution in [1.29, 1.82) is 0 Å². The predicted molar refractivity (Wildman–Crippen MR) is 38.7 cm³/mol. The number of hydroxylamine groups is 4. The summed E-state index contributed by atoms with van der Waals surface area (Å²) < 4.78 is 0. The van der Waals surface area contributed by atoms with Crippen LogP contribution in [0.2, 0.25) is 0 Å². The fourth-order valence-corrected chi connectivity index (χ4v) is 0.573. The molecule has 0 bridgehead atoms. The third-order valence-corrected chi connectivity index (χ3v) is 1.02. The van der Waals surface area contributed by atoms with Gasteiger partial charge in [0.05, 0.1) is 13.1 Å². The molecule has 0 saturated carbocycles. The molecule has 0 aromatic heterocycles. The first-order valence-corrected chi connectivity index (χ1v) is 3.81. The Bertz CT molecular complexity index is 81.9. The molecule has 5 heteroatoms. The van der Waals surface area contributed by atoms with Crippen LogP contribution in [0, 0.1) is 0 Å². The van der Waals surface area contributed by atoms with Crippen molar-refractivity contribution in [2.24, 2.45) is 0 Å². The lowest BCUT2D eigenvalue weighted by Crippen LogP contribution is -2.32. The van der Waals surface area contributed by atoms with Crippen molar-refractivity contribution in [3.63, 3.8) is 0 Å². The minimum Gasteiger partial charge on any atom is -0.288 e. The predicted octanol–water partition coefficient (Wildman–Crippen LogP) is 1.04. The van der Waals surface area contributed by atoms with Crippen LogP contribution in [0.25, 0.3) is 0 Å². The molecule has 5 nitrogen and oxygen atoms in total. The van der Waals surface area contributed by atoms with Crippen LogP contribution in [0.1, 0.15) is 26.7 Å². The highest BCUT2D eigenvalue weighted by molar-refractivity contribution is 4.27. The molecule has 68 valence electrons. The van der Waals surface area contributed by atoms with Gasteiger partial charge in [-0.3, -0.25) is 10.4 Å². The quantitative estimate of drug-likeness (QED) is 0.574. The lowest BCUT2D eigenvalue weighted by Gasteiger charge is -2.18. The molecule has 0 rings (SSSR count). The van der Waals surface area contributed by atoms with Crippen LogP contribution >= 0.6 is 0 Å². The largest absolute Gasteiger partial charge is 0.288 e. The summed E-state index contributed by atoms with van der Waals surface area (Å²) in [7, 11) is 0. The molecular formula is C6H16N2O3. The maximum atomic E-state index is 8.86. The highest BCUT2D eigenvalue weighted by Gasteiger charge is 2.04. The number of hydrogen-bond donors (Lipinski definition) is 2. The lowest BCUT2D eigenvalue weighted by atomic mass is 10.5. The van der Waals surface area contributed by atoms with Crippen molar-refractivity contribution < 1.29 is 15.4 Å². The summed E-state index contributed by atoms with van der Waals surface area (Å²) in [5.41, 5.74) is 0. The molecule has 0 aliphatic carbocycles. The van der Waals surface area contributed by atoms with Gasteiger partial charge in [0.25, 0.3) is 0 Å². The van der Waals surface area contributed by atoms with Crippen LogP contribution < -0.4 is 0 Å². The summed E-state index contributed by atoms with van der Waals surface area (Å²) in [5, 5.41) is 18.9. The first-order chi connectivity index (χ1) is 5.20. The second kappa shape index (κ2) is 6.51. The van der Waals surface area contributed by atoms with E-state index in [0.717, 1.165) is 12.8 Å². The fourth-order valence-electron chi connectivity index (χ4n) is 0.573. The Hall–Kier alpha value is -0.200. The van der Waals surface area contributed by atoms with Gasteiger partial charge in [0.1, 0.15) is 0 Å². The van der Waals surface area contributed by atoms with E-state index in [1.807, 2.05) is 13.8 Å². The summed E-state index contributed by atoms with van der Waals surface area (Å²) in [4.78, 5) is 4.51. The van der Waals surface area contributed by atoms with E-state index in [-0.39, 0.29) is 0 Å². The summed E-state index contributed by atoms with van der Waals surface area (Å²) >= 11 is 0. The molecule has 0 fully saturated rings. The first-order valence-electron chi connectivity index (χ1n) is 3.81. The van der Waals surface area contributed by atoms with Crippen LogP contribution in [0.5, 0.6) is 0 Å². The molecule has 11 heavy (non-hydrogen) atoms.